The van der Waals surface area contributed by atoms with Gasteiger partial charge in [-0.15, -0.1) is 0 Å². The minimum atomic E-state index is -1.25. The van der Waals surface area contributed by atoms with Crippen molar-refractivity contribution in [2.24, 2.45) is 0 Å². The largest absolute Gasteiger partial charge is 0.545 e. The molecule has 0 radical (unpaired) electrons. The fourth-order valence-corrected chi connectivity index (χ4v) is 9.18. The molecular formula is C44H44N2O10S4. The smallest absolute Gasteiger partial charge is 0.336 e. The van der Waals surface area contributed by atoms with Gasteiger partial charge in [0.05, 0.1) is 23.1 Å². The molecule has 0 amide bonds. The van der Waals surface area contributed by atoms with E-state index in [-0.39, 0.29) is 35.5 Å². The topological polar surface area (TPSA) is 224 Å². The first-order chi connectivity index (χ1) is 29.0. The number of hydrogen-bond acceptors (Lipinski definition) is 12. The van der Waals surface area contributed by atoms with Crippen LogP contribution in [0.15, 0.2) is 166 Å². The highest BCUT2D eigenvalue weighted by atomic mass is 33.1. The molecular weight excluding hydrogens is 845 g/mol. The van der Waals surface area contributed by atoms with Gasteiger partial charge < -0.3 is 40.2 Å². The Morgan fingerprint density at radius 1 is 0.450 bits per heavy atom. The van der Waals surface area contributed by atoms with E-state index in [4.69, 9.17) is 20.4 Å². The lowest BCUT2D eigenvalue weighted by molar-refractivity contribution is -0.378. The molecule has 6 rings (SSSR count). The van der Waals surface area contributed by atoms with Crippen LogP contribution in [-0.2, 0) is 12.8 Å². The molecule has 0 spiro atoms. The number of aromatic carboxylic acids is 4. The number of rotatable bonds is 13. The Bertz CT molecular complexity index is 1940. The number of aliphatic hydroxyl groups excluding tert-OH is 2. The van der Waals surface area contributed by atoms with Gasteiger partial charge in [0.25, 0.3) is 0 Å². The molecule has 0 aliphatic heterocycles. The van der Waals surface area contributed by atoms with E-state index in [1.807, 2.05) is 24.8 Å². The van der Waals surface area contributed by atoms with Crippen LogP contribution < -0.4 is 20.2 Å². The van der Waals surface area contributed by atoms with Crippen LogP contribution >= 0.6 is 43.2 Å². The fourth-order valence-electron chi connectivity index (χ4n) is 4.49. The maximum atomic E-state index is 11.1. The summed E-state index contributed by atoms with van der Waals surface area (Å²) in [5.41, 5.74) is 3.32. The van der Waals surface area contributed by atoms with E-state index >= 15 is 0 Å². The lowest BCUT2D eigenvalue weighted by atomic mass is 10.1. The minimum absolute atomic E-state index is 0.0952. The maximum Gasteiger partial charge on any atom is 0.336 e. The zero-order valence-electron chi connectivity index (χ0n) is 32.6. The fraction of sp³-hybridized carbons (Fsp3) is 0.136. The number of carbonyl (C=O) groups is 4. The maximum absolute atomic E-state index is 11.1. The number of pyridine rings is 2. The van der Waals surface area contributed by atoms with E-state index in [2.05, 4.69) is 34.2 Å². The molecule has 0 saturated heterocycles. The van der Waals surface area contributed by atoms with Crippen LogP contribution in [0.4, 0.5) is 0 Å². The van der Waals surface area contributed by atoms with Crippen LogP contribution in [0.25, 0.3) is 0 Å². The third-order valence-corrected chi connectivity index (χ3v) is 12.1. The van der Waals surface area contributed by atoms with Crippen LogP contribution in [0.3, 0.4) is 0 Å². The van der Waals surface area contributed by atoms with Crippen molar-refractivity contribution in [2.75, 3.05) is 13.2 Å². The third kappa shape index (κ3) is 19.0. The number of aliphatic hydroxyl groups is 2. The Morgan fingerprint density at radius 2 is 0.683 bits per heavy atom. The molecule has 0 saturated carbocycles. The van der Waals surface area contributed by atoms with Crippen LogP contribution in [-0.4, -0.2) is 57.5 Å². The summed E-state index contributed by atoms with van der Waals surface area (Å²) in [5.74, 6) is -4.52. The summed E-state index contributed by atoms with van der Waals surface area (Å²) < 4.78 is 0. The molecule has 0 atom stereocenters. The summed E-state index contributed by atoms with van der Waals surface area (Å²) >= 11 is 0. The second-order valence-electron chi connectivity index (χ2n) is 11.5. The lowest BCUT2D eigenvalue weighted by Gasteiger charge is -2.09. The van der Waals surface area contributed by atoms with E-state index in [1.165, 1.54) is 78.6 Å². The SMILES string of the molecule is CCO.CCO.O=C([O-])c1ccccc1SSc1ccccc1C(=O)O.O=C([O-])c1ccccc1SSc1ccccc1C(=O)O.c1cc(CCc2cc[nH+]cc2)cc[nH+]1. The number of carboxylic acids is 4. The zero-order valence-corrected chi connectivity index (χ0v) is 35.8. The summed E-state index contributed by atoms with van der Waals surface area (Å²) in [6.07, 6.45) is 10.1. The number of aromatic amines is 2. The molecule has 314 valence electrons. The van der Waals surface area contributed by atoms with Gasteiger partial charge in [-0.3, -0.25) is 0 Å². The Hall–Kier alpha value is -5.62. The predicted molar refractivity (Wildman–Crippen MR) is 231 cm³/mol. The summed E-state index contributed by atoms with van der Waals surface area (Å²) in [7, 11) is 4.79. The summed E-state index contributed by atoms with van der Waals surface area (Å²) in [4.78, 5) is 52.4. The van der Waals surface area contributed by atoms with Crippen molar-refractivity contribution < 1.29 is 59.8 Å². The van der Waals surface area contributed by atoms with Crippen molar-refractivity contribution in [3.63, 3.8) is 0 Å². The second kappa shape index (κ2) is 29.6. The third-order valence-electron chi connectivity index (χ3n) is 7.17. The summed E-state index contributed by atoms with van der Waals surface area (Å²) in [6, 6.07) is 34.5. The van der Waals surface area contributed by atoms with Gasteiger partial charge in [-0.1, -0.05) is 104 Å². The standard InChI is InChI=1S/2C14H10O4S2.C12H12N2.2C2H6O/c2*15-13(16)9-5-1-3-7-11(9)19-20-12-8-4-2-6-10(12)14(17)18;1(11-3-7-13-8-4-11)2-12-5-9-14-10-6-12;2*1-2-3/h2*1-8H,(H,15,16)(H,17,18);3-10H,1-2H2;2*3H,2H2,1H3. The van der Waals surface area contributed by atoms with Crippen molar-refractivity contribution >= 4 is 67.1 Å². The molecule has 2 heterocycles. The number of carboxylic acid groups (broad SMARTS) is 4. The van der Waals surface area contributed by atoms with E-state index < -0.39 is 23.9 Å². The van der Waals surface area contributed by atoms with Crippen LogP contribution in [0.2, 0.25) is 0 Å². The second-order valence-corrected chi connectivity index (χ2v) is 15.9. The predicted octanol–water partition coefficient (Wildman–Crippen LogP) is 6.19. The first-order valence-electron chi connectivity index (χ1n) is 18.0. The monoisotopic (exact) mass is 888 g/mol. The summed E-state index contributed by atoms with van der Waals surface area (Å²) in [6.45, 7) is 3.86. The molecule has 2 aromatic heterocycles. The number of hydrogen-bond donors (Lipinski definition) is 4. The Balaban J connectivity index is 0.000000294. The average molecular weight is 889 g/mol. The number of aromatic nitrogens is 2. The average Bonchev–Trinajstić information content (AvgIpc) is 3.26. The number of benzene rings is 4. The number of nitrogens with one attached hydrogen (secondary N) is 2. The van der Waals surface area contributed by atoms with Crippen LogP contribution in [0.5, 0.6) is 0 Å². The molecule has 60 heavy (non-hydrogen) atoms. The number of aryl methyl sites for hydroxylation is 2. The first-order valence-corrected chi connectivity index (χ1v) is 22.3. The molecule has 0 bridgehead atoms. The van der Waals surface area contributed by atoms with Gasteiger partial charge in [0, 0.05) is 68.2 Å². The van der Waals surface area contributed by atoms with Crippen molar-refractivity contribution in [1.29, 1.82) is 0 Å². The van der Waals surface area contributed by atoms with Gasteiger partial charge in [-0.25, -0.2) is 19.6 Å². The zero-order chi connectivity index (χ0) is 44.1. The van der Waals surface area contributed by atoms with Gasteiger partial charge >= 0.3 is 11.9 Å². The Kier molecular flexibility index (Phi) is 24.9. The molecule has 12 nitrogen and oxygen atoms in total. The molecule has 6 aromatic rings. The first kappa shape index (κ1) is 50.5. The quantitative estimate of drug-likeness (QED) is 0.0950. The van der Waals surface area contributed by atoms with E-state index in [1.54, 1.807) is 86.6 Å². The Morgan fingerprint density at radius 3 is 0.933 bits per heavy atom. The van der Waals surface area contributed by atoms with Gasteiger partial charge in [-0.05, 0) is 74.2 Å². The minimum Gasteiger partial charge on any atom is -0.545 e. The van der Waals surface area contributed by atoms with E-state index in [9.17, 15) is 29.4 Å². The number of H-pyrrole nitrogens is 2. The molecule has 0 fully saturated rings. The van der Waals surface area contributed by atoms with E-state index in [0.29, 0.717) is 19.6 Å². The lowest BCUT2D eigenvalue weighted by Crippen LogP contribution is -2.22. The van der Waals surface area contributed by atoms with Crippen LogP contribution in [0, 0.1) is 0 Å². The summed E-state index contributed by atoms with van der Waals surface area (Å²) in [5, 5.41) is 55.3. The van der Waals surface area contributed by atoms with Gasteiger partial charge in [-0.2, -0.15) is 0 Å². The molecule has 4 aromatic carbocycles. The molecule has 16 heteroatoms. The Labute approximate surface area is 364 Å². The highest BCUT2D eigenvalue weighted by Gasteiger charge is 2.13. The van der Waals surface area contributed by atoms with Gasteiger partial charge in [0.1, 0.15) is 0 Å². The van der Waals surface area contributed by atoms with Crippen molar-refractivity contribution in [1.82, 2.24) is 0 Å². The van der Waals surface area contributed by atoms with Crippen LogP contribution in [0.1, 0.15) is 66.4 Å². The van der Waals surface area contributed by atoms with E-state index in [0.717, 1.165) is 12.8 Å². The highest BCUT2D eigenvalue weighted by Crippen LogP contribution is 2.41. The normalized spacial score (nSPS) is 9.73. The van der Waals surface area contributed by atoms with Crippen molar-refractivity contribution in [3.8, 4) is 0 Å². The highest BCUT2D eigenvalue weighted by molar-refractivity contribution is 8.77. The van der Waals surface area contributed by atoms with Crippen molar-refractivity contribution in [2.45, 2.75) is 46.3 Å². The molecule has 6 N–H and O–H groups in total. The molecule has 0 unspecified atom stereocenters. The molecule has 0 aliphatic carbocycles. The van der Waals surface area contributed by atoms with Gasteiger partial charge in [0.15, 0.2) is 24.8 Å². The van der Waals surface area contributed by atoms with Gasteiger partial charge in [0.2, 0.25) is 0 Å². The molecule has 0 aliphatic rings. The number of carbonyl (C=O) groups excluding carboxylic acids is 2. The van der Waals surface area contributed by atoms with Crippen molar-refractivity contribution in [3.05, 3.63) is 179 Å².